The monoisotopic (exact) mass is 775 g/mol. The van der Waals surface area contributed by atoms with Crippen LogP contribution in [0.4, 0.5) is 24.5 Å². The molecule has 1 saturated heterocycles. The molecular formula is C35H26Cl2F3N3O6S2. The number of rotatable bonds is 7. The van der Waals surface area contributed by atoms with Gasteiger partial charge in [-0.2, -0.15) is 13.2 Å². The third kappa shape index (κ3) is 5.62. The van der Waals surface area contributed by atoms with Gasteiger partial charge in [-0.3, -0.25) is 19.2 Å². The molecule has 3 amide bonds. The Kier molecular flexibility index (Phi) is 8.43. The van der Waals surface area contributed by atoms with E-state index in [-0.39, 0.29) is 45.4 Å². The highest BCUT2D eigenvalue weighted by Gasteiger charge is 2.70. The fourth-order valence-electron chi connectivity index (χ4n) is 8.45. The van der Waals surface area contributed by atoms with Crippen LogP contribution in [0.1, 0.15) is 28.3 Å². The molecule has 0 spiro atoms. The molecule has 7 atom stereocenters. The van der Waals surface area contributed by atoms with Crippen molar-refractivity contribution < 1.29 is 37.0 Å². The van der Waals surface area contributed by atoms with E-state index in [0.717, 1.165) is 32.7 Å². The predicted octanol–water partition coefficient (Wildman–Crippen LogP) is 7.47. The Bertz CT molecular complexity index is 2180. The van der Waals surface area contributed by atoms with Gasteiger partial charge in [0.15, 0.2) is 18.1 Å². The van der Waals surface area contributed by atoms with Crippen molar-refractivity contribution in [3.05, 3.63) is 96.4 Å². The summed E-state index contributed by atoms with van der Waals surface area (Å²) >= 11 is 14.5. The summed E-state index contributed by atoms with van der Waals surface area (Å²) in [4.78, 5) is 57.5. The summed E-state index contributed by atoms with van der Waals surface area (Å²) in [6, 6.07) is 14.6. The van der Waals surface area contributed by atoms with Crippen LogP contribution in [-0.2, 0) is 20.6 Å². The van der Waals surface area contributed by atoms with Crippen molar-refractivity contribution in [2.75, 3.05) is 23.9 Å². The Hall–Kier alpha value is -3.98. The van der Waals surface area contributed by atoms with E-state index in [4.69, 9.17) is 32.7 Å². The van der Waals surface area contributed by atoms with Gasteiger partial charge in [0, 0.05) is 21.7 Å². The minimum Gasteiger partial charge on any atom is -0.493 e. The molecule has 0 radical (unpaired) electrons. The number of H-pyrrole nitrogens is 1. The predicted molar refractivity (Wildman–Crippen MR) is 186 cm³/mol. The first-order valence-corrected chi connectivity index (χ1v) is 18.3. The summed E-state index contributed by atoms with van der Waals surface area (Å²) in [5.74, 6) is -3.80. The normalized spacial score (nSPS) is 26.2. The number of aromatic amines is 1. The third-order valence-corrected chi connectivity index (χ3v) is 13.6. The molecule has 264 valence electrons. The number of imide groups is 1. The first kappa shape index (κ1) is 34.1. The highest BCUT2D eigenvalue weighted by molar-refractivity contribution is 8.00. The Morgan fingerprint density at radius 3 is 2.45 bits per heavy atom. The molecule has 9 nitrogen and oxygen atoms in total. The molecule has 2 aliphatic heterocycles. The number of carbonyl (C=O) groups excluding carboxylic acids is 3. The quantitative estimate of drug-likeness (QED) is 0.187. The van der Waals surface area contributed by atoms with Crippen LogP contribution in [0.5, 0.6) is 11.5 Å². The topological polar surface area (TPSA) is 118 Å². The van der Waals surface area contributed by atoms with Crippen molar-refractivity contribution in [3.8, 4) is 11.5 Å². The van der Waals surface area contributed by atoms with E-state index < -0.39 is 47.0 Å². The lowest BCUT2D eigenvalue weighted by Gasteiger charge is -2.43. The molecule has 51 heavy (non-hydrogen) atoms. The van der Waals surface area contributed by atoms with Gasteiger partial charge in [0.25, 0.3) is 5.91 Å². The summed E-state index contributed by atoms with van der Waals surface area (Å²) in [5.41, 5.74) is -0.277. The Labute approximate surface area is 306 Å². The smallest absolute Gasteiger partial charge is 0.418 e. The number of thioether (sulfide) groups is 1. The van der Waals surface area contributed by atoms with Gasteiger partial charge in [0.05, 0.1) is 45.3 Å². The van der Waals surface area contributed by atoms with Crippen molar-refractivity contribution in [2.24, 2.45) is 29.6 Å². The second kappa shape index (κ2) is 12.6. The summed E-state index contributed by atoms with van der Waals surface area (Å²) in [6.45, 7) is -0.346. The number of methoxy groups -OCH3 is 1. The molecule has 1 aromatic heterocycles. The number of anilines is 2. The zero-order valence-electron chi connectivity index (χ0n) is 26.3. The number of amides is 3. The van der Waals surface area contributed by atoms with Gasteiger partial charge in [-0.25, -0.2) is 4.90 Å². The molecule has 3 fully saturated rings. The second-order valence-electron chi connectivity index (χ2n) is 12.9. The molecule has 8 rings (SSSR count). The first-order valence-electron chi connectivity index (χ1n) is 15.8. The fraction of sp³-hybridized carbons (Fsp3) is 0.314. The van der Waals surface area contributed by atoms with Crippen molar-refractivity contribution >= 4 is 75.4 Å². The van der Waals surface area contributed by atoms with Crippen molar-refractivity contribution in [3.63, 3.8) is 0 Å². The van der Waals surface area contributed by atoms with E-state index in [1.807, 2.05) is 6.07 Å². The van der Waals surface area contributed by atoms with Crippen LogP contribution in [0.15, 0.2) is 70.5 Å². The number of carbonyl (C=O) groups is 3. The summed E-state index contributed by atoms with van der Waals surface area (Å²) in [6.07, 6.45) is -4.20. The van der Waals surface area contributed by atoms with Crippen molar-refractivity contribution in [1.29, 1.82) is 0 Å². The molecule has 0 unspecified atom stereocenters. The standard InChI is InChI=1S/C35H26Cl2F3N3O6S2/c1-48-23-10-14(6-9-22(23)49-13-24(44)41-15-7-8-19(36)20(37)11-15)25-26-16-12-17(29(26)50-31-30(25)51-34(47)42-31)28-27(16)32(45)43(33(28)46)21-5-3-2-4-18(21)35(38,39)40/h2-11,16-17,25-29H,12-13H2,1H3,(H,41,44)(H,42,47)/t16-,17-,25+,26-,27+,28+,29-/m1/s1. The molecule has 2 bridgehead atoms. The van der Waals surface area contributed by atoms with E-state index in [0.29, 0.717) is 33.7 Å². The number of alkyl halides is 3. The first-order chi connectivity index (χ1) is 24.3. The summed E-state index contributed by atoms with van der Waals surface area (Å²) < 4.78 is 53.5. The number of halogens is 5. The average Bonchev–Trinajstić information content (AvgIpc) is 3.83. The molecule has 2 aliphatic carbocycles. The van der Waals surface area contributed by atoms with E-state index in [2.05, 4.69) is 10.3 Å². The lowest BCUT2D eigenvalue weighted by atomic mass is 9.68. The number of aromatic nitrogens is 1. The number of nitrogens with zero attached hydrogens (tertiary/aromatic N) is 1. The molecule has 3 heterocycles. The maximum Gasteiger partial charge on any atom is 0.418 e. The second-order valence-corrected chi connectivity index (χ2v) is 15.9. The molecule has 3 aromatic carbocycles. The van der Waals surface area contributed by atoms with Crippen molar-refractivity contribution in [2.45, 2.75) is 28.8 Å². The highest BCUT2D eigenvalue weighted by Crippen LogP contribution is 2.69. The number of nitrogens with one attached hydrogen (secondary N) is 2. The zero-order valence-corrected chi connectivity index (χ0v) is 29.5. The number of benzene rings is 3. The van der Waals surface area contributed by atoms with Crippen LogP contribution < -0.4 is 24.6 Å². The van der Waals surface area contributed by atoms with E-state index in [1.165, 1.54) is 43.1 Å². The Morgan fingerprint density at radius 1 is 0.980 bits per heavy atom. The average molecular weight is 777 g/mol. The maximum atomic E-state index is 14.0. The Morgan fingerprint density at radius 2 is 1.73 bits per heavy atom. The van der Waals surface area contributed by atoms with Crippen LogP contribution >= 0.6 is 46.3 Å². The third-order valence-electron chi connectivity index (χ3n) is 10.3. The van der Waals surface area contributed by atoms with Crippen LogP contribution in [0, 0.1) is 29.6 Å². The van der Waals surface area contributed by atoms with E-state index >= 15 is 0 Å². The SMILES string of the molecule is COc1cc([C@@H]2c3sc(=O)[nH]c3S[C@@H]3[C@@H]4C[C@@H]([C@@H]5C(=O)N(c6ccccc6C(F)(F)F)C(=O)[C@@H]45)[C@H]23)ccc1OCC(=O)Nc1ccc(Cl)c(Cl)c1. The molecule has 4 aliphatic rings. The van der Waals surface area contributed by atoms with Crippen LogP contribution in [0.25, 0.3) is 0 Å². The number of fused-ring (bicyclic) bond motifs is 9. The number of hydrogen-bond donors (Lipinski definition) is 2. The van der Waals surface area contributed by atoms with Gasteiger partial charge in [0.1, 0.15) is 0 Å². The molecule has 16 heteroatoms. The number of ether oxygens (including phenoxy) is 2. The van der Waals surface area contributed by atoms with Crippen LogP contribution in [0.2, 0.25) is 10.0 Å². The fourth-order valence-corrected chi connectivity index (χ4v) is 11.6. The van der Waals surface area contributed by atoms with Gasteiger partial charge < -0.3 is 19.8 Å². The minimum atomic E-state index is -4.76. The lowest BCUT2D eigenvalue weighted by molar-refractivity contribution is -0.137. The number of hydrogen-bond acceptors (Lipinski definition) is 8. The maximum absolute atomic E-state index is 14.0. The van der Waals surface area contributed by atoms with Crippen molar-refractivity contribution in [1.82, 2.24) is 4.98 Å². The summed E-state index contributed by atoms with van der Waals surface area (Å²) in [5, 5.41) is 3.82. The number of para-hydroxylation sites is 1. The van der Waals surface area contributed by atoms with Gasteiger partial charge in [-0.1, -0.05) is 52.7 Å². The molecular weight excluding hydrogens is 750 g/mol. The molecule has 2 N–H and O–H groups in total. The number of thiazole rings is 1. The molecule has 2 saturated carbocycles. The Balaban J connectivity index is 1.09. The minimum absolute atomic E-state index is 0.180. The lowest BCUT2D eigenvalue weighted by Crippen LogP contribution is -2.42. The van der Waals surface area contributed by atoms with Crippen LogP contribution in [0.3, 0.4) is 0 Å². The van der Waals surface area contributed by atoms with E-state index in [9.17, 15) is 32.3 Å². The van der Waals surface area contributed by atoms with Crippen LogP contribution in [-0.4, -0.2) is 41.7 Å². The van der Waals surface area contributed by atoms with Gasteiger partial charge in [0.2, 0.25) is 11.8 Å². The van der Waals surface area contributed by atoms with Gasteiger partial charge in [-0.15, -0.1) is 11.8 Å². The molecule has 4 aromatic rings. The highest BCUT2D eigenvalue weighted by atomic mass is 35.5. The zero-order chi connectivity index (χ0) is 35.9. The van der Waals surface area contributed by atoms with Gasteiger partial charge >= 0.3 is 11.0 Å². The van der Waals surface area contributed by atoms with Gasteiger partial charge in [-0.05, 0) is 72.2 Å². The largest absolute Gasteiger partial charge is 0.493 e. The summed E-state index contributed by atoms with van der Waals surface area (Å²) in [7, 11) is 1.46. The van der Waals surface area contributed by atoms with E-state index in [1.54, 1.807) is 24.3 Å².